The molecule has 1 heterocycles. The quantitative estimate of drug-likeness (QED) is 0.790. The number of rotatable bonds is 3. The first-order valence-corrected chi connectivity index (χ1v) is 7.24. The smallest absolute Gasteiger partial charge is 0.338 e. The molecule has 0 unspecified atom stereocenters. The SMILES string of the molecule is Cc1ccc(C(=O)OCc2cc3c(cc2Br)OCO3)cc1. The third-order valence-corrected chi connectivity index (χ3v) is 3.93. The molecular weight excluding hydrogens is 336 g/mol. The molecule has 0 spiro atoms. The number of carbonyl (C=O) groups is 1. The molecule has 0 fully saturated rings. The van der Waals surface area contributed by atoms with Gasteiger partial charge in [0.15, 0.2) is 11.5 Å². The highest BCUT2D eigenvalue weighted by molar-refractivity contribution is 9.10. The van der Waals surface area contributed by atoms with Crippen LogP contribution in [0, 0.1) is 6.92 Å². The number of esters is 1. The van der Waals surface area contributed by atoms with Gasteiger partial charge in [-0.25, -0.2) is 4.79 Å². The lowest BCUT2D eigenvalue weighted by atomic mass is 10.1. The molecule has 5 heteroatoms. The van der Waals surface area contributed by atoms with Gasteiger partial charge in [-0.3, -0.25) is 0 Å². The van der Waals surface area contributed by atoms with E-state index < -0.39 is 0 Å². The molecule has 0 saturated carbocycles. The molecule has 2 aromatic rings. The van der Waals surface area contributed by atoms with E-state index in [1.165, 1.54) is 0 Å². The molecule has 3 rings (SSSR count). The molecule has 108 valence electrons. The number of halogens is 1. The fourth-order valence-corrected chi connectivity index (χ4v) is 2.42. The summed E-state index contributed by atoms with van der Waals surface area (Å²) in [5, 5.41) is 0. The maximum atomic E-state index is 12.0. The van der Waals surface area contributed by atoms with Gasteiger partial charge in [-0.15, -0.1) is 0 Å². The lowest BCUT2D eigenvalue weighted by Crippen LogP contribution is -2.05. The molecule has 4 nitrogen and oxygen atoms in total. The van der Waals surface area contributed by atoms with Gasteiger partial charge < -0.3 is 14.2 Å². The number of aryl methyl sites for hydroxylation is 1. The van der Waals surface area contributed by atoms with Gasteiger partial charge in [-0.05, 0) is 31.2 Å². The number of hydrogen-bond donors (Lipinski definition) is 0. The summed E-state index contributed by atoms with van der Waals surface area (Å²) in [7, 11) is 0. The van der Waals surface area contributed by atoms with Crippen molar-refractivity contribution in [2.24, 2.45) is 0 Å². The summed E-state index contributed by atoms with van der Waals surface area (Å²) in [6.45, 7) is 2.36. The number of hydrogen-bond acceptors (Lipinski definition) is 4. The minimum Gasteiger partial charge on any atom is -0.457 e. The molecule has 0 saturated heterocycles. The molecule has 0 radical (unpaired) electrons. The number of fused-ring (bicyclic) bond motifs is 1. The zero-order valence-corrected chi connectivity index (χ0v) is 13.0. The third-order valence-electron chi connectivity index (χ3n) is 3.19. The molecule has 2 aromatic carbocycles. The summed E-state index contributed by atoms with van der Waals surface area (Å²) >= 11 is 3.44. The monoisotopic (exact) mass is 348 g/mol. The second-order valence-electron chi connectivity index (χ2n) is 4.74. The summed E-state index contributed by atoms with van der Waals surface area (Å²) < 4.78 is 16.7. The van der Waals surface area contributed by atoms with Crippen molar-refractivity contribution < 1.29 is 19.0 Å². The van der Waals surface area contributed by atoms with Crippen LogP contribution in [0.15, 0.2) is 40.9 Å². The van der Waals surface area contributed by atoms with Crippen molar-refractivity contribution >= 4 is 21.9 Å². The van der Waals surface area contributed by atoms with Crippen LogP contribution in [-0.2, 0) is 11.3 Å². The largest absolute Gasteiger partial charge is 0.457 e. The van der Waals surface area contributed by atoms with Crippen molar-refractivity contribution in [3.05, 3.63) is 57.6 Å². The Bertz CT molecular complexity index is 679. The molecular formula is C16H13BrO4. The van der Waals surface area contributed by atoms with E-state index in [1.54, 1.807) is 12.1 Å². The van der Waals surface area contributed by atoms with Gasteiger partial charge in [0, 0.05) is 10.0 Å². The van der Waals surface area contributed by atoms with E-state index in [0.717, 1.165) is 15.6 Å². The zero-order chi connectivity index (χ0) is 14.8. The Morgan fingerprint density at radius 2 is 1.86 bits per heavy atom. The fraction of sp³-hybridized carbons (Fsp3) is 0.188. The molecule has 1 aliphatic rings. The van der Waals surface area contributed by atoms with E-state index in [9.17, 15) is 4.79 Å². The number of carbonyl (C=O) groups excluding carboxylic acids is 1. The molecule has 21 heavy (non-hydrogen) atoms. The molecule has 0 aliphatic carbocycles. The summed E-state index contributed by atoms with van der Waals surface area (Å²) in [6.07, 6.45) is 0. The van der Waals surface area contributed by atoms with Gasteiger partial charge in [0.2, 0.25) is 6.79 Å². The third kappa shape index (κ3) is 3.03. The summed E-state index contributed by atoms with van der Waals surface area (Å²) in [6, 6.07) is 10.9. The van der Waals surface area contributed by atoms with Gasteiger partial charge in [0.1, 0.15) is 6.61 Å². The average molecular weight is 349 g/mol. The normalized spacial score (nSPS) is 12.3. The lowest BCUT2D eigenvalue weighted by molar-refractivity contribution is 0.0471. The van der Waals surface area contributed by atoms with Gasteiger partial charge in [0.05, 0.1) is 5.56 Å². The van der Waals surface area contributed by atoms with E-state index in [1.807, 2.05) is 31.2 Å². The van der Waals surface area contributed by atoms with Crippen LogP contribution in [0.25, 0.3) is 0 Å². The predicted octanol–water partition coefficient (Wildman–Crippen LogP) is 3.84. The van der Waals surface area contributed by atoms with Crippen molar-refractivity contribution in [1.82, 2.24) is 0 Å². The fourth-order valence-electron chi connectivity index (χ4n) is 1.99. The van der Waals surface area contributed by atoms with E-state index in [-0.39, 0.29) is 19.4 Å². The Morgan fingerprint density at radius 1 is 1.19 bits per heavy atom. The van der Waals surface area contributed by atoms with E-state index in [4.69, 9.17) is 14.2 Å². The van der Waals surface area contributed by atoms with Crippen LogP contribution in [0.1, 0.15) is 21.5 Å². The Balaban J connectivity index is 1.70. The summed E-state index contributed by atoms with van der Waals surface area (Å²) in [4.78, 5) is 12.0. The van der Waals surface area contributed by atoms with Gasteiger partial charge in [0.25, 0.3) is 0 Å². The van der Waals surface area contributed by atoms with E-state index in [2.05, 4.69) is 15.9 Å². The molecule has 0 aromatic heterocycles. The van der Waals surface area contributed by atoms with Crippen LogP contribution in [0.3, 0.4) is 0 Å². The van der Waals surface area contributed by atoms with E-state index in [0.29, 0.717) is 17.1 Å². The van der Waals surface area contributed by atoms with Crippen LogP contribution in [0.5, 0.6) is 11.5 Å². The first-order valence-electron chi connectivity index (χ1n) is 6.45. The lowest BCUT2D eigenvalue weighted by Gasteiger charge is -2.08. The zero-order valence-electron chi connectivity index (χ0n) is 11.4. The highest BCUT2D eigenvalue weighted by Crippen LogP contribution is 2.37. The molecule has 0 amide bonds. The minimum absolute atomic E-state index is 0.171. The van der Waals surface area contributed by atoms with E-state index >= 15 is 0 Å². The molecule has 0 N–H and O–H groups in total. The van der Waals surface area contributed by atoms with Crippen LogP contribution in [0.2, 0.25) is 0 Å². The van der Waals surface area contributed by atoms with Crippen molar-refractivity contribution in [2.45, 2.75) is 13.5 Å². The van der Waals surface area contributed by atoms with Crippen molar-refractivity contribution in [1.29, 1.82) is 0 Å². The first-order chi connectivity index (χ1) is 10.1. The first kappa shape index (κ1) is 13.9. The standard InChI is InChI=1S/C16H13BrO4/c1-10-2-4-11(5-3-10)16(18)19-8-12-6-14-15(7-13(12)17)21-9-20-14/h2-7H,8-9H2,1H3. The maximum Gasteiger partial charge on any atom is 0.338 e. The van der Waals surface area contributed by atoms with Crippen LogP contribution < -0.4 is 9.47 Å². The topological polar surface area (TPSA) is 44.8 Å². The van der Waals surface area contributed by atoms with Gasteiger partial charge in [-0.1, -0.05) is 33.6 Å². The Labute approximate surface area is 130 Å². The average Bonchev–Trinajstić information content (AvgIpc) is 2.92. The second-order valence-corrected chi connectivity index (χ2v) is 5.59. The van der Waals surface area contributed by atoms with Crippen LogP contribution in [-0.4, -0.2) is 12.8 Å². The second kappa shape index (κ2) is 5.77. The number of benzene rings is 2. The van der Waals surface area contributed by atoms with Crippen molar-refractivity contribution in [2.75, 3.05) is 6.79 Å². The van der Waals surface area contributed by atoms with Crippen molar-refractivity contribution in [3.8, 4) is 11.5 Å². The Morgan fingerprint density at radius 3 is 2.57 bits per heavy atom. The summed E-state index contributed by atoms with van der Waals surface area (Å²) in [5.41, 5.74) is 2.47. The minimum atomic E-state index is -0.348. The Hall–Kier alpha value is -2.01. The molecule has 0 atom stereocenters. The van der Waals surface area contributed by atoms with Gasteiger partial charge in [-0.2, -0.15) is 0 Å². The van der Waals surface area contributed by atoms with Gasteiger partial charge >= 0.3 is 5.97 Å². The highest BCUT2D eigenvalue weighted by Gasteiger charge is 2.17. The molecule has 0 bridgehead atoms. The van der Waals surface area contributed by atoms with Crippen molar-refractivity contribution in [3.63, 3.8) is 0 Å². The van der Waals surface area contributed by atoms with Crippen LogP contribution in [0.4, 0.5) is 0 Å². The number of ether oxygens (including phenoxy) is 3. The van der Waals surface area contributed by atoms with Crippen LogP contribution >= 0.6 is 15.9 Å². The maximum absolute atomic E-state index is 12.0. The molecule has 1 aliphatic heterocycles. The highest BCUT2D eigenvalue weighted by atomic mass is 79.9. The predicted molar refractivity (Wildman–Crippen MR) is 80.6 cm³/mol. The Kier molecular flexibility index (Phi) is 3.84. The summed E-state index contributed by atoms with van der Waals surface area (Å²) in [5.74, 6) is 1.01.